The fourth-order valence-corrected chi connectivity index (χ4v) is 6.49. The number of nitrogens with zero attached hydrogens (tertiary/aromatic N) is 5. The number of para-hydroxylation sites is 1. The van der Waals surface area contributed by atoms with Crippen LogP contribution in [0.25, 0.3) is 0 Å². The van der Waals surface area contributed by atoms with Crippen LogP contribution in [0.4, 0.5) is 17.1 Å². The van der Waals surface area contributed by atoms with Gasteiger partial charge in [0.2, 0.25) is 6.71 Å². The highest BCUT2D eigenvalue weighted by Crippen LogP contribution is 2.55. The van der Waals surface area contributed by atoms with Gasteiger partial charge in [-0.2, -0.15) is 0 Å². The summed E-state index contributed by atoms with van der Waals surface area (Å²) in [5.74, 6) is 0. The number of fused-ring (bicyclic) bond motifs is 8. The van der Waals surface area contributed by atoms with Crippen LogP contribution in [0.2, 0.25) is 0 Å². The monoisotopic (exact) mass is 499 g/mol. The van der Waals surface area contributed by atoms with E-state index in [2.05, 4.69) is 83.8 Å². The van der Waals surface area contributed by atoms with Gasteiger partial charge in [0.15, 0.2) is 0 Å². The number of rotatable bonds is 2. The van der Waals surface area contributed by atoms with Crippen molar-refractivity contribution < 1.29 is 0 Å². The van der Waals surface area contributed by atoms with Crippen molar-refractivity contribution in [3.8, 4) is 0 Å². The van der Waals surface area contributed by atoms with Crippen molar-refractivity contribution >= 4 is 40.2 Å². The molecule has 5 nitrogen and oxygen atoms in total. The second-order valence-corrected chi connectivity index (χ2v) is 9.89. The van der Waals surface area contributed by atoms with Crippen LogP contribution in [0.1, 0.15) is 22.8 Å². The minimum absolute atomic E-state index is 0.00398. The Hall–Kier alpha value is -5.10. The molecular weight excluding hydrogens is 477 g/mol. The average Bonchev–Trinajstić information content (AvgIpc) is 3.02. The molecule has 6 heteroatoms. The molecule has 0 N–H and O–H groups in total. The van der Waals surface area contributed by atoms with Crippen molar-refractivity contribution in [2.75, 3.05) is 4.90 Å². The molecule has 0 amide bonds. The van der Waals surface area contributed by atoms with Crippen LogP contribution < -0.4 is 21.3 Å². The molecule has 2 aliphatic rings. The average molecular weight is 499 g/mol. The molecule has 0 radical (unpaired) electrons. The Morgan fingerprint density at radius 3 is 1.46 bits per heavy atom. The molecule has 0 fully saturated rings. The second kappa shape index (κ2) is 8.46. The normalized spacial score (nSPS) is 14.3. The van der Waals surface area contributed by atoms with Gasteiger partial charge in [0.25, 0.3) is 0 Å². The van der Waals surface area contributed by atoms with Crippen molar-refractivity contribution in [3.63, 3.8) is 0 Å². The molecule has 1 spiro atoms. The number of pyridine rings is 4. The molecule has 182 valence electrons. The van der Waals surface area contributed by atoms with E-state index in [0.717, 1.165) is 50.8 Å². The molecule has 39 heavy (non-hydrogen) atoms. The van der Waals surface area contributed by atoms with Gasteiger partial charge in [-0.15, -0.1) is 0 Å². The summed E-state index contributed by atoms with van der Waals surface area (Å²) in [4.78, 5) is 22.7. The predicted molar refractivity (Wildman–Crippen MR) is 155 cm³/mol. The van der Waals surface area contributed by atoms with Gasteiger partial charge in [-0.3, -0.25) is 19.9 Å². The van der Waals surface area contributed by atoms with Gasteiger partial charge in [-0.1, -0.05) is 66.1 Å². The molecule has 0 bridgehead atoms. The zero-order chi connectivity index (χ0) is 25.8. The third-order valence-corrected chi connectivity index (χ3v) is 7.92. The van der Waals surface area contributed by atoms with E-state index in [-0.39, 0.29) is 6.71 Å². The summed E-state index contributed by atoms with van der Waals surface area (Å²) in [5.41, 5.74) is 9.28. The molecule has 0 unspecified atom stereocenters. The quantitative estimate of drug-likeness (QED) is 0.333. The lowest BCUT2D eigenvalue weighted by atomic mass is 9.32. The van der Waals surface area contributed by atoms with Crippen LogP contribution in [-0.4, -0.2) is 26.6 Å². The topological polar surface area (TPSA) is 54.8 Å². The fraction of sp³-hybridized carbons (Fsp3) is 0.0303. The molecule has 2 aliphatic heterocycles. The highest BCUT2D eigenvalue weighted by Gasteiger charge is 2.56. The predicted octanol–water partition coefficient (Wildman–Crippen LogP) is 4.26. The van der Waals surface area contributed by atoms with Crippen molar-refractivity contribution in [2.24, 2.45) is 0 Å². The summed E-state index contributed by atoms with van der Waals surface area (Å²) in [6, 6.07) is 37.8. The highest BCUT2D eigenvalue weighted by molar-refractivity contribution is 6.96. The maximum absolute atomic E-state index is 5.13. The molecule has 0 saturated carbocycles. The largest absolute Gasteiger partial charge is 0.307 e. The van der Waals surface area contributed by atoms with Gasteiger partial charge in [0.1, 0.15) is 5.41 Å². The Labute approximate surface area is 227 Å². The Morgan fingerprint density at radius 2 is 0.923 bits per heavy atom. The number of hydrogen-bond donors (Lipinski definition) is 0. The zero-order valence-electron chi connectivity index (χ0n) is 21.0. The summed E-state index contributed by atoms with van der Waals surface area (Å²) < 4.78 is 0. The molecule has 2 aromatic carbocycles. The van der Waals surface area contributed by atoms with E-state index in [1.807, 2.05) is 55.1 Å². The van der Waals surface area contributed by atoms with Crippen molar-refractivity contribution in [3.05, 3.63) is 157 Å². The van der Waals surface area contributed by atoms with E-state index in [9.17, 15) is 0 Å². The van der Waals surface area contributed by atoms with Gasteiger partial charge in [-0.25, -0.2) is 0 Å². The van der Waals surface area contributed by atoms with Crippen LogP contribution in [-0.2, 0) is 5.41 Å². The lowest BCUT2D eigenvalue weighted by Crippen LogP contribution is -2.63. The number of hydrogen-bond acceptors (Lipinski definition) is 5. The first kappa shape index (κ1) is 21.9. The van der Waals surface area contributed by atoms with E-state index >= 15 is 0 Å². The minimum atomic E-state index is -0.878. The fourth-order valence-electron chi connectivity index (χ4n) is 6.49. The van der Waals surface area contributed by atoms with Crippen LogP contribution >= 0.6 is 0 Å². The van der Waals surface area contributed by atoms with E-state index in [1.165, 1.54) is 5.46 Å². The Balaban J connectivity index is 1.53. The smallest absolute Gasteiger partial charge is 0.246 e. The summed E-state index contributed by atoms with van der Waals surface area (Å²) in [5, 5.41) is 0. The molecular formula is C33H22BN5. The van der Waals surface area contributed by atoms with Crippen LogP contribution in [0.5, 0.6) is 0 Å². The summed E-state index contributed by atoms with van der Waals surface area (Å²) in [7, 11) is 0. The molecule has 8 rings (SSSR count). The number of benzene rings is 2. The van der Waals surface area contributed by atoms with Crippen LogP contribution in [0, 0.1) is 0 Å². The Kier molecular flexibility index (Phi) is 4.76. The van der Waals surface area contributed by atoms with Crippen molar-refractivity contribution in [2.45, 2.75) is 5.41 Å². The van der Waals surface area contributed by atoms with Gasteiger partial charge in [0, 0.05) is 30.5 Å². The Bertz CT molecular complexity index is 1610. The summed E-state index contributed by atoms with van der Waals surface area (Å²) in [6.07, 6.45) is 7.50. The molecule has 0 saturated heterocycles. The third kappa shape index (κ3) is 2.97. The third-order valence-electron chi connectivity index (χ3n) is 7.92. The van der Waals surface area contributed by atoms with Crippen molar-refractivity contribution in [1.82, 2.24) is 19.9 Å². The summed E-state index contributed by atoms with van der Waals surface area (Å²) in [6.45, 7) is -0.00398. The summed E-state index contributed by atoms with van der Waals surface area (Å²) >= 11 is 0. The minimum Gasteiger partial charge on any atom is -0.307 e. The van der Waals surface area contributed by atoms with E-state index in [4.69, 9.17) is 19.9 Å². The maximum Gasteiger partial charge on any atom is 0.246 e. The standard InChI is InChI=1S/C33H22BN5/c1-3-11-23(12-4-1)34-25-15-7-19-35-29(25)33(30-26(34)16-8-20-36-30)31-27(17-9-21-37-31)39(24-13-5-2-6-14-24)28-18-10-22-38-32(28)33/h1-22H. The second-order valence-electron chi connectivity index (χ2n) is 9.89. The first-order chi connectivity index (χ1) is 19.4. The van der Waals surface area contributed by atoms with Gasteiger partial charge in [-0.05, 0) is 59.5 Å². The molecule has 6 aromatic rings. The lowest BCUT2D eigenvalue weighted by Gasteiger charge is -2.46. The maximum atomic E-state index is 5.13. The molecule has 4 aromatic heterocycles. The molecule has 6 heterocycles. The van der Waals surface area contributed by atoms with Gasteiger partial charge >= 0.3 is 0 Å². The number of aromatic nitrogens is 4. The molecule has 0 aliphatic carbocycles. The molecule has 0 atom stereocenters. The lowest BCUT2D eigenvalue weighted by molar-refractivity contribution is 0.637. The number of anilines is 3. The zero-order valence-corrected chi connectivity index (χ0v) is 21.0. The van der Waals surface area contributed by atoms with Gasteiger partial charge < -0.3 is 4.90 Å². The first-order valence-corrected chi connectivity index (χ1v) is 13.1. The van der Waals surface area contributed by atoms with Gasteiger partial charge in [0.05, 0.1) is 34.2 Å². The van der Waals surface area contributed by atoms with E-state index < -0.39 is 5.41 Å². The highest BCUT2D eigenvalue weighted by atomic mass is 15.2. The van der Waals surface area contributed by atoms with Crippen molar-refractivity contribution in [1.29, 1.82) is 0 Å². The SMILES string of the molecule is c1ccc(B2c3cccnc3C3(c4ncccc42)c2ncccc2N(c2ccccc2)c2cccnc23)cc1. The van der Waals surface area contributed by atoms with Crippen LogP contribution in [0.15, 0.2) is 134 Å². The first-order valence-electron chi connectivity index (χ1n) is 13.1. The van der Waals surface area contributed by atoms with E-state index in [0.29, 0.717) is 0 Å². The Morgan fingerprint density at radius 1 is 0.462 bits per heavy atom. The van der Waals surface area contributed by atoms with Crippen LogP contribution in [0.3, 0.4) is 0 Å². The van der Waals surface area contributed by atoms with E-state index in [1.54, 1.807) is 0 Å².